The lowest BCUT2D eigenvalue weighted by Crippen LogP contribution is -2.82. The van der Waals surface area contributed by atoms with Crippen LogP contribution in [-0.4, -0.2) is 111 Å². The van der Waals surface area contributed by atoms with E-state index in [1.165, 1.54) is 26.0 Å². The third kappa shape index (κ3) is 8.04. The number of fused-ring (bicyclic) bond motifs is 5. The fourth-order valence-corrected chi connectivity index (χ4v) is 10.1. The van der Waals surface area contributed by atoms with Crippen LogP contribution in [-0.2, 0) is 47.6 Å². The van der Waals surface area contributed by atoms with Gasteiger partial charge < -0.3 is 49.1 Å². The van der Waals surface area contributed by atoms with Gasteiger partial charge in [-0.3, -0.25) is 14.4 Å². The molecular formula is C47H57NO15. The van der Waals surface area contributed by atoms with Crippen molar-refractivity contribution in [3.05, 3.63) is 82.9 Å². The number of amides is 1. The first-order chi connectivity index (χ1) is 29.5. The summed E-state index contributed by atoms with van der Waals surface area (Å²) >= 11 is 0. The number of hydrogen-bond acceptors (Lipinski definition) is 15. The van der Waals surface area contributed by atoms with E-state index < -0.39 is 124 Å². The predicted octanol–water partition coefficient (Wildman–Crippen LogP) is 4.22. The van der Waals surface area contributed by atoms with E-state index in [1.807, 2.05) is 0 Å². The highest BCUT2D eigenvalue weighted by Crippen LogP contribution is 2.64. The van der Waals surface area contributed by atoms with Crippen LogP contribution < -0.4 is 5.32 Å². The van der Waals surface area contributed by atoms with Crippen LogP contribution in [0.25, 0.3) is 0 Å². The Labute approximate surface area is 365 Å². The van der Waals surface area contributed by atoms with Crippen molar-refractivity contribution in [2.75, 3.05) is 6.61 Å². The molecule has 7 rings (SSSR count). The van der Waals surface area contributed by atoms with E-state index in [0.717, 1.165) is 6.92 Å². The van der Waals surface area contributed by atoms with E-state index in [-0.39, 0.29) is 29.7 Å². The number of aliphatic hydroxyl groups excluding tert-OH is 2. The van der Waals surface area contributed by atoms with Gasteiger partial charge in [-0.05, 0) is 76.3 Å². The Balaban J connectivity index is 1.39. The summed E-state index contributed by atoms with van der Waals surface area (Å²) in [7, 11) is 0. The molecule has 1 amide bonds. The summed E-state index contributed by atoms with van der Waals surface area (Å²) in [6.07, 6.45) is -10.3. The fourth-order valence-electron chi connectivity index (χ4n) is 10.1. The molecule has 340 valence electrons. The molecule has 3 saturated carbocycles. The number of esters is 4. The molecule has 0 aromatic heterocycles. The van der Waals surface area contributed by atoms with Crippen molar-refractivity contribution in [3.63, 3.8) is 0 Å². The van der Waals surface area contributed by atoms with Crippen LogP contribution in [0.15, 0.2) is 71.8 Å². The molecule has 4 fully saturated rings. The van der Waals surface area contributed by atoms with Crippen molar-refractivity contribution in [3.8, 4) is 0 Å². The highest BCUT2D eigenvalue weighted by atomic mass is 16.6. The number of benzene rings is 2. The Morgan fingerprint density at radius 3 is 2.10 bits per heavy atom. The van der Waals surface area contributed by atoms with Crippen LogP contribution >= 0.6 is 0 Å². The molecule has 63 heavy (non-hydrogen) atoms. The zero-order chi connectivity index (χ0) is 46.0. The Morgan fingerprint density at radius 1 is 0.921 bits per heavy atom. The zero-order valence-electron chi connectivity index (χ0n) is 36.7. The van der Waals surface area contributed by atoms with Gasteiger partial charge in [-0.1, -0.05) is 62.4 Å². The molecule has 16 heteroatoms. The summed E-state index contributed by atoms with van der Waals surface area (Å²) in [4.78, 5) is 84.1. The van der Waals surface area contributed by atoms with Crippen LogP contribution in [0.2, 0.25) is 0 Å². The Hall–Kier alpha value is -5.16. The third-order valence-corrected chi connectivity index (χ3v) is 13.7. The molecule has 0 radical (unpaired) electrons. The van der Waals surface area contributed by atoms with Crippen LogP contribution in [0.1, 0.15) is 103 Å². The number of ether oxygens (including phenoxy) is 6. The molecule has 4 N–H and O–H groups in total. The van der Waals surface area contributed by atoms with Gasteiger partial charge in [-0.2, -0.15) is 0 Å². The summed E-state index contributed by atoms with van der Waals surface area (Å²) < 4.78 is 36.2. The Bertz CT molecular complexity index is 2180. The summed E-state index contributed by atoms with van der Waals surface area (Å²) in [6, 6.07) is 14.6. The van der Waals surface area contributed by atoms with Gasteiger partial charge in [-0.15, -0.1) is 0 Å². The highest BCUT2D eigenvalue weighted by molar-refractivity contribution is 5.95. The van der Waals surface area contributed by atoms with E-state index in [1.54, 1.807) is 83.1 Å². The first kappa shape index (κ1) is 45.9. The normalized spacial score (nSPS) is 33.0. The average molecular weight is 876 g/mol. The van der Waals surface area contributed by atoms with Gasteiger partial charge in [0.2, 0.25) is 0 Å². The molecule has 16 nitrogen and oxygen atoms in total. The van der Waals surface area contributed by atoms with E-state index >= 15 is 4.79 Å². The van der Waals surface area contributed by atoms with Gasteiger partial charge in [-0.25, -0.2) is 14.4 Å². The second-order valence-corrected chi connectivity index (χ2v) is 19.3. The van der Waals surface area contributed by atoms with Crippen molar-refractivity contribution in [2.45, 2.75) is 141 Å². The number of ketones is 1. The molecule has 11 atom stereocenters. The van der Waals surface area contributed by atoms with Gasteiger partial charge in [0.15, 0.2) is 23.6 Å². The quantitative estimate of drug-likeness (QED) is 0.149. The lowest BCUT2D eigenvalue weighted by Gasteiger charge is -2.67. The number of aliphatic hydroxyl groups is 3. The highest BCUT2D eigenvalue weighted by Gasteiger charge is 2.78. The maximum Gasteiger partial charge on any atom is 0.408 e. The van der Waals surface area contributed by atoms with Crippen LogP contribution in [0.5, 0.6) is 0 Å². The smallest absolute Gasteiger partial charge is 0.408 e. The minimum atomic E-state index is -2.39. The molecule has 2 bridgehead atoms. The molecule has 0 spiro atoms. The summed E-state index contributed by atoms with van der Waals surface area (Å²) in [5.41, 5.74) is -8.22. The minimum Gasteiger partial charge on any atom is -0.456 e. The second-order valence-electron chi connectivity index (χ2n) is 19.3. The number of rotatable bonds is 10. The SMILES string of the molecule is CC(=O)O[C@H]1C(=O)[C@@]2(C)C([C@H](OC(=O)c3ccccc3)[C@]3(O)C[C@H](OC(=O)[C@H](O)C(NC(=O)OC(C)(C)C)c4ccccc4)C(C)=C1C3(C)C)[C@]1(OC(=O)C3CC3)CO[C@@H]1C[C@@H]2O. The Kier molecular flexibility index (Phi) is 12.0. The summed E-state index contributed by atoms with van der Waals surface area (Å²) in [5.74, 6) is -6.47. The van der Waals surface area contributed by atoms with Gasteiger partial charge in [0.1, 0.15) is 29.5 Å². The van der Waals surface area contributed by atoms with Crippen LogP contribution in [0, 0.1) is 22.7 Å². The van der Waals surface area contributed by atoms with E-state index in [9.17, 15) is 39.3 Å². The first-order valence-electron chi connectivity index (χ1n) is 21.3. The third-order valence-electron chi connectivity index (χ3n) is 13.7. The maximum atomic E-state index is 15.6. The number of Topliss-reactive ketones (excluding diaryl/α,β-unsaturated/α-hetero) is 1. The van der Waals surface area contributed by atoms with E-state index in [0.29, 0.717) is 18.4 Å². The van der Waals surface area contributed by atoms with Crippen molar-refractivity contribution >= 4 is 35.8 Å². The maximum absolute atomic E-state index is 15.6. The first-order valence-corrected chi connectivity index (χ1v) is 21.3. The molecule has 5 aliphatic rings. The topological polar surface area (TPSA) is 231 Å². The monoisotopic (exact) mass is 875 g/mol. The van der Waals surface area contributed by atoms with Crippen molar-refractivity contribution in [2.24, 2.45) is 22.7 Å². The molecule has 2 unspecified atom stereocenters. The lowest BCUT2D eigenvalue weighted by molar-refractivity contribution is -0.346. The molecule has 1 aliphatic heterocycles. The van der Waals surface area contributed by atoms with Crippen LogP contribution in [0.3, 0.4) is 0 Å². The molecule has 4 aliphatic carbocycles. The molecule has 1 heterocycles. The molecule has 2 aromatic carbocycles. The predicted molar refractivity (Wildman–Crippen MR) is 220 cm³/mol. The fraction of sp³-hybridized carbons (Fsp3) is 0.574. The second kappa shape index (κ2) is 16.4. The largest absolute Gasteiger partial charge is 0.456 e. The number of nitrogens with one attached hydrogen (secondary N) is 1. The van der Waals surface area contributed by atoms with E-state index in [4.69, 9.17) is 28.4 Å². The number of carbonyl (C=O) groups excluding carboxylic acids is 6. The van der Waals surface area contributed by atoms with Crippen molar-refractivity contribution in [1.29, 1.82) is 0 Å². The zero-order valence-corrected chi connectivity index (χ0v) is 36.7. The van der Waals surface area contributed by atoms with Crippen molar-refractivity contribution < 1.29 is 72.5 Å². The van der Waals surface area contributed by atoms with Gasteiger partial charge in [0.05, 0.1) is 41.6 Å². The molecule has 2 aromatic rings. The molecular weight excluding hydrogens is 819 g/mol. The standard InChI is InChI=1S/C47H57NO15/c1-24-29(60-41(55)34(51)33(26-15-11-9-12-16-26)48-42(56)63-43(3,4)5)22-47(57)38(61-39(53)27-17-13-10-14-18-27)36-45(8,37(52)35(59-25(2)49)32(24)44(47,6)7)30(50)21-31-46(36,23-58-31)62-40(54)28-19-20-28/h9-18,28-31,33-36,38,50-51,57H,19-23H2,1-8H3,(H,48,56)/t29-,30-,31+,33?,34+,35+,36?,38-,45+,46-,47+/m0/s1. The molecule has 1 saturated heterocycles. The van der Waals surface area contributed by atoms with Gasteiger partial charge >= 0.3 is 30.0 Å². The lowest BCUT2D eigenvalue weighted by atomic mass is 9.44. The summed E-state index contributed by atoms with van der Waals surface area (Å²) in [6.45, 7) is 11.8. The van der Waals surface area contributed by atoms with Gasteiger partial charge in [0, 0.05) is 25.2 Å². The number of hydrogen-bond donors (Lipinski definition) is 4. The minimum absolute atomic E-state index is 0.00104. The van der Waals surface area contributed by atoms with E-state index in [2.05, 4.69) is 5.32 Å². The number of carbonyl (C=O) groups is 6. The van der Waals surface area contributed by atoms with Gasteiger partial charge in [0.25, 0.3) is 0 Å². The Morgan fingerprint density at radius 2 is 1.54 bits per heavy atom. The average Bonchev–Trinajstić information content (AvgIpc) is 4.07. The van der Waals surface area contributed by atoms with Crippen LogP contribution in [0.4, 0.5) is 4.79 Å². The summed E-state index contributed by atoms with van der Waals surface area (Å²) in [5, 5.41) is 40.2. The number of alkyl carbamates (subject to hydrolysis) is 1. The van der Waals surface area contributed by atoms with Crippen molar-refractivity contribution in [1.82, 2.24) is 5.32 Å².